The van der Waals surface area contributed by atoms with Crippen molar-refractivity contribution >= 4 is 24.9 Å². The summed E-state index contributed by atoms with van der Waals surface area (Å²) in [4.78, 5) is 32.9. The zero-order chi connectivity index (χ0) is 27.3. The van der Waals surface area contributed by atoms with Gasteiger partial charge >= 0.3 is 0 Å². The summed E-state index contributed by atoms with van der Waals surface area (Å²) in [5.41, 5.74) is 9.97. The van der Waals surface area contributed by atoms with Crippen LogP contribution in [0, 0.1) is 0 Å². The second-order valence-corrected chi connectivity index (χ2v) is 8.69. The van der Waals surface area contributed by atoms with Gasteiger partial charge in [0, 0.05) is 18.6 Å². The van der Waals surface area contributed by atoms with Crippen LogP contribution in [0.3, 0.4) is 0 Å². The van der Waals surface area contributed by atoms with Crippen LogP contribution in [-0.4, -0.2) is 69.2 Å². The second kappa shape index (κ2) is 20.5. The molecule has 8 nitrogen and oxygen atoms in total. The van der Waals surface area contributed by atoms with Crippen molar-refractivity contribution in [3.63, 3.8) is 0 Å². The Kier molecular flexibility index (Phi) is 18.9. The number of hydrogen-bond donors (Lipinski definition) is 2. The number of amides is 1. The van der Waals surface area contributed by atoms with Crippen LogP contribution in [0.1, 0.15) is 70.1 Å². The highest BCUT2D eigenvalue weighted by molar-refractivity contribution is 5.82. The van der Waals surface area contributed by atoms with Gasteiger partial charge in [-0.25, -0.2) is 0 Å². The summed E-state index contributed by atoms with van der Waals surface area (Å²) in [6, 6.07) is 6.83. The highest BCUT2D eigenvalue weighted by Crippen LogP contribution is 2.21. The molecule has 204 valence electrons. The Morgan fingerprint density at radius 3 is 2.53 bits per heavy atom. The number of rotatable bonds is 9. The number of nitrogens with zero attached hydrogens (tertiary/aromatic N) is 1. The highest BCUT2D eigenvalue weighted by Gasteiger charge is 2.32. The molecule has 3 unspecified atom stereocenters. The first kappa shape index (κ1) is 33.3. The minimum absolute atomic E-state index is 0.0843. The van der Waals surface area contributed by atoms with Crippen molar-refractivity contribution < 1.29 is 23.9 Å². The fourth-order valence-electron chi connectivity index (χ4n) is 3.97. The lowest BCUT2D eigenvalue weighted by Gasteiger charge is -2.22. The first-order valence-corrected chi connectivity index (χ1v) is 12.9. The van der Waals surface area contributed by atoms with Crippen molar-refractivity contribution in [2.24, 2.45) is 5.73 Å². The van der Waals surface area contributed by atoms with Crippen molar-refractivity contribution in [1.82, 2.24) is 10.2 Å². The SMILES string of the molecule is CC.CC(Cc1ccc2c(c1)C=CCC2)NC(=O)C1CC(N)CN1C.CCCCOC=O.COC=O. The Bertz CT molecular complexity index is 784. The van der Waals surface area contributed by atoms with Crippen molar-refractivity contribution in [2.45, 2.75) is 84.3 Å². The van der Waals surface area contributed by atoms with Gasteiger partial charge in [0.2, 0.25) is 5.91 Å². The van der Waals surface area contributed by atoms with Crippen LogP contribution < -0.4 is 11.1 Å². The maximum absolute atomic E-state index is 12.4. The molecular formula is C28H47N3O5. The largest absolute Gasteiger partial charge is 0.471 e. The lowest BCUT2D eigenvalue weighted by atomic mass is 9.94. The molecule has 0 bridgehead atoms. The maximum Gasteiger partial charge on any atom is 0.293 e. The third-order valence-electron chi connectivity index (χ3n) is 5.68. The van der Waals surface area contributed by atoms with Gasteiger partial charge in [0.1, 0.15) is 0 Å². The minimum Gasteiger partial charge on any atom is -0.471 e. The van der Waals surface area contributed by atoms with Gasteiger partial charge < -0.3 is 20.5 Å². The Balaban J connectivity index is 0.000000789. The molecule has 1 fully saturated rings. The molecule has 1 heterocycles. The van der Waals surface area contributed by atoms with Crippen LogP contribution in [0.15, 0.2) is 24.3 Å². The molecule has 1 amide bonds. The third kappa shape index (κ3) is 13.4. The number of likely N-dealkylation sites (tertiary alicyclic amines) is 1. The average molecular weight is 506 g/mol. The maximum atomic E-state index is 12.4. The molecule has 3 rings (SSSR count). The predicted octanol–water partition coefficient (Wildman–Crippen LogP) is 3.50. The van der Waals surface area contributed by atoms with E-state index in [1.165, 1.54) is 23.8 Å². The van der Waals surface area contributed by atoms with Gasteiger partial charge in [-0.1, -0.05) is 57.5 Å². The first-order valence-electron chi connectivity index (χ1n) is 12.9. The van der Waals surface area contributed by atoms with E-state index in [-0.39, 0.29) is 24.0 Å². The normalized spacial score (nSPS) is 18.4. The van der Waals surface area contributed by atoms with E-state index in [9.17, 15) is 9.59 Å². The number of hydrogen-bond acceptors (Lipinski definition) is 7. The monoisotopic (exact) mass is 505 g/mol. The number of benzene rings is 1. The Morgan fingerprint density at radius 2 is 1.97 bits per heavy atom. The predicted molar refractivity (Wildman–Crippen MR) is 145 cm³/mol. The van der Waals surface area contributed by atoms with Crippen LogP contribution in [0.5, 0.6) is 0 Å². The van der Waals surface area contributed by atoms with E-state index in [0.717, 1.165) is 45.1 Å². The fourth-order valence-corrected chi connectivity index (χ4v) is 3.97. The number of carbonyl (C=O) groups is 3. The van der Waals surface area contributed by atoms with E-state index in [2.05, 4.69) is 57.0 Å². The second-order valence-electron chi connectivity index (χ2n) is 8.69. The molecule has 0 saturated carbocycles. The molecule has 36 heavy (non-hydrogen) atoms. The molecule has 0 spiro atoms. The fraction of sp³-hybridized carbons (Fsp3) is 0.607. The molecular weight excluding hydrogens is 458 g/mol. The number of methoxy groups -OCH3 is 1. The molecule has 1 aliphatic carbocycles. The topological polar surface area (TPSA) is 111 Å². The molecule has 1 aromatic rings. The molecule has 1 saturated heterocycles. The van der Waals surface area contributed by atoms with E-state index in [1.807, 2.05) is 27.8 Å². The van der Waals surface area contributed by atoms with E-state index < -0.39 is 0 Å². The molecule has 2 aliphatic rings. The Morgan fingerprint density at radius 1 is 1.28 bits per heavy atom. The molecule has 1 aliphatic heterocycles. The van der Waals surface area contributed by atoms with Gasteiger partial charge in [0.25, 0.3) is 12.9 Å². The van der Waals surface area contributed by atoms with Gasteiger partial charge in [-0.3, -0.25) is 19.3 Å². The molecule has 3 atom stereocenters. The van der Waals surface area contributed by atoms with Crippen molar-refractivity contribution in [3.8, 4) is 0 Å². The number of fused-ring (bicyclic) bond motifs is 1. The summed E-state index contributed by atoms with van der Waals surface area (Å²) >= 11 is 0. The molecule has 8 heteroatoms. The average Bonchev–Trinajstić information content (AvgIpc) is 3.24. The summed E-state index contributed by atoms with van der Waals surface area (Å²) in [5.74, 6) is 0.103. The number of carbonyl (C=O) groups excluding carboxylic acids is 3. The molecule has 3 N–H and O–H groups in total. The lowest BCUT2D eigenvalue weighted by Crippen LogP contribution is -2.45. The summed E-state index contributed by atoms with van der Waals surface area (Å²) in [7, 11) is 3.28. The standard InChI is InChI=1S/C19H27N3O.C5H10O2.C2H4O2.C2H6/c1-13(21-19(23)18-11-17(20)12-22(18)2)9-14-7-8-15-5-3-4-6-16(15)10-14;1-2-3-4-7-5-6;1-4-2-3;1-2/h4,6-8,10,13,17-18H,3,5,9,11-12,20H2,1-2H3,(H,21,23);5H,2-4H2,1H3;2H,1H3;1-2H3. The highest BCUT2D eigenvalue weighted by atomic mass is 16.5. The number of ether oxygens (including phenoxy) is 2. The Labute approximate surface area is 217 Å². The van der Waals surface area contributed by atoms with Crippen LogP contribution in [0.4, 0.5) is 0 Å². The zero-order valence-corrected chi connectivity index (χ0v) is 23.0. The number of nitrogens with two attached hydrogens (primary N) is 1. The van der Waals surface area contributed by atoms with Crippen molar-refractivity contribution in [3.05, 3.63) is 41.0 Å². The molecule has 1 aromatic carbocycles. The van der Waals surface area contributed by atoms with Gasteiger partial charge in [0.05, 0.1) is 19.8 Å². The van der Waals surface area contributed by atoms with Crippen molar-refractivity contribution in [1.29, 1.82) is 0 Å². The smallest absolute Gasteiger partial charge is 0.293 e. The summed E-state index contributed by atoms with van der Waals surface area (Å²) in [6.07, 6.45) is 10.4. The molecule has 0 aromatic heterocycles. The number of nitrogens with one attached hydrogen (secondary N) is 1. The zero-order valence-electron chi connectivity index (χ0n) is 23.0. The quantitative estimate of drug-likeness (QED) is 0.390. The lowest BCUT2D eigenvalue weighted by molar-refractivity contribution is -0.129. The number of likely N-dealkylation sites (N-methyl/N-ethyl adjacent to an activating group) is 1. The van der Waals surface area contributed by atoms with Crippen LogP contribution in [0.2, 0.25) is 0 Å². The van der Waals surface area contributed by atoms with Gasteiger partial charge in [0.15, 0.2) is 0 Å². The van der Waals surface area contributed by atoms with Crippen LogP contribution in [-0.2, 0) is 36.7 Å². The summed E-state index contributed by atoms with van der Waals surface area (Å²) in [5, 5.41) is 3.15. The number of aryl methyl sites for hydroxylation is 1. The molecule has 0 radical (unpaired) electrons. The summed E-state index contributed by atoms with van der Waals surface area (Å²) < 4.78 is 8.25. The van der Waals surface area contributed by atoms with E-state index in [4.69, 9.17) is 10.5 Å². The van der Waals surface area contributed by atoms with Crippen LogP contribution >= 0.6 is 0 Å². The van der Waals surface area contributed by atoms with Crippen molar-refractivity contribution in [2.75, 3.05) is 27.3 Å². The minimum atomic E-state index is -0.0843. The van der Waals surface area contributed by atoms with E-state index >= 15 is 0 Å². The summed E-state index contributed by atoms with van der Waals surface area (Å²) in [6.45, 7) is 10.3. The van der Waals surface area contributed by atoms with Gasteiger partial charge in [-0.05, 0) is 62.8 Å². The van der Waals surface area contributed by atoms with Gasteiger partial charge in [-0.15, -0.1) is 0 Å². The van der Waals surface area contributed by atoms with E-state index in [1.54, 1.807) is 0 Å². The van der Waals surface area contributed by atoms with E-state index in [0.29, 0.717) is 19.6 Å². The third-order valence-corrected chi connectivity index (χ3v) is 5.68. The van der Waals surface area contributed by atoms with Gasteiger partial charge in [-0.2, -0.15) is 0 Å². The Hall–Kier alpha value is -2.71. The number of allylic oxidation sites excluding steroid dienone is 1. The number of unbranched alkanes of at least 4 members (excludes halogenated alkanes) is 1. The first-order chi connectivity index (χ1) is 17.4. The van der Waals surface area contributed by atoms with Crippen LogP contribution in [0.25, 0.3) is 6.08 Å².